The van der Waals surface area contributed by atoms with E-state index in [1.807, 2.05) is 6.07 Å². The molecule has 0 aliphatic carbocycles. The molecule has 1 N–H and O–H groups in total. The Balaban J connectivity index is 2.79. The van der Waals surface area contributed by atoms with Gasteiger partial charge in [-0.1, -0.05) is 50.2 Å². The Bertz CT molecular complexity index is 318. The molecule has 0 spiro atoms. The van der Waals surface area contributed by atoms with Crippen LogP contribution in [0, 0.1) is 0 Å². The summed E-state index contributed by atoms with van der Waals surface area (Å²) in [5.74, 6) is 0.516. The Morgan fingerprint density at radius 1 is 1.43 bits per heavy atom. The van der Waals surface area contributed by atoms with Gasteiger partial charge in [0.1, 0.15) is 0 Å². The molecule has 0 atom stereocenters. The van der Waals surface area contributed by atoms with E-state index in [0.29, 0.717) is 17.5 Å². The second-order valence-electron chi connectivity index (χ2n) is 3.61. The van der Waals surface area contributed by atoms with Crippen LogP contribution in [0.15, 0.2) is 35.9 Å². The molecule has 1 aromatic carbocycles. The third-order valence-corrected chi connectivity index (χ3v) is 2.19. The van der Waals surface area contributed by atoms with Gasteiger partial charge in [0.15, 0.2) is 0 Å². The highest BCUT2D eigenvalue weighted by Gasteiger charge is 2.04. The van der Waals surface area contributed by atoms with Crippen LogP contribution in [0.3, 0.4) is 0 Å². The Kier molecular flexibility index (Phi) is 4.02. The zero-order valence-corrected chi connectivity index (χ0v) is 9.43. The molecule has 0 radical (unpaired) electrons. The lowest BCUT2D eigenvalue weighted by Gasteiger charge is -2.13. The second-order valence-corrected chi connectivity index (χ2v) is 4.15. The van der Waals surface area contributed by atoms with Crippen molar-refractivity contribution in [3.63, 3.8) is 0 Å². The van der Waals surface area contributed by atoms with Crippen molar-refractivity contribution in [3.05, 3.63) is 41.4 Å². The average molecular weight is 210 g/mol. The van der Waals surface area contributed by atoms with Gasteiger partial charge in [0.05, 0.1) is 6.54 Å². The summed E-state index contributed by atoms with van der Waals surface area (Å²) in [7, 11) is 0. The summed E-state index contributed by atoms with van der Waals surface area (Å²) in [6.45, 7) is 8.62. The quantitative estimate of drug-likeness (QED) is 0.791. The molecular formula is C12H16ClN. The molecule has 0 amide bonds. The number of rotatable bonds is 4. The monoisotopic (exact) mass is 209 g/mol. The van der Waals surface area contributed by atoms with Crippen molar-refractivity contribution in [2.45, 2.75) is 19.8 Å². The average Bonchev–Trinajstić information content (AvgIpc) is 2.15. The normalized spacial score (nSPS) is 10.3. The third-order valence-electron chi connectivity index (χ3n) is 2.05. The van der Waals surface area contributed by atoms with E-state index in [2.05, 4.69) is 43.9 Å². The molecular weight excluding hydrogens is 194 g/mol. The van der Waals surface area contributed by atoms with Crippen molar-refractivity contribution < 1.29 is 0 Å². The van der Waals surface area contributed by atoms with Crippen molar-refractivity contribution in [2.75, 3.05) is 11.9 Å². The lowest BCUT2D eigenvalue weighted by Crippen LogP contribution is -2.04. The van der Waals surface area contributed by atoms with E-state index in [1.54, 1.807) is 0 Å². The summed E-state index contributed by atoms with van der Waals surface area (Å²) >= 11 is 5.70. The summed E-state index contributed by atoms with van der Waals surface area (Å²) in [6, 6.07) is 8.26. The fourth-order valence-electron chi connectivity index (χ4n) is 1.35. The van der Waals surface area contributed by atoms with E-state index in [0.717, 1.165) is 5.69 Å². The zero-order chi connectivity index (χ0) is 10.6. The van der Waals surface area contributed by atoms with Gasteiger partial charge in [-0.3, -0.25) is 0 Å². The van der Waals surface area contributed by atoms with Gasteiger partial charge >= 0.3 is 0 Å². The van der Waals surface area contributed by atoms with Crippen LogP contribution in [0.2, 0.25) is 0 Å². The van der Waals surface area contributed by atoms with Crippen LogP contribution < -0.4 is 5.32 Å². The van der Waals surface area contributed by atoms with Gasteiger partial charge in [0.25, 0.3) is 0 Å². The Hall–Kier alpha value is -0.950. The van der Waals surface area contributed by atoms with Crippen molar-refractivity contribution in [1.29, 1.82) is 0 Å². The molecule has 2 heteroatoms. The van der Waals surface area contributed by atoms with E-state index in [9.17, 15) is 0 Å². The van der Waals surface area contributed by atoms with Crippen LogP contribution in [0.5, 0.6) is 0 Å². The SMILES string of the molecule is C=C(Cl)CNc1ccccc1C(C)C. The Labute approximate surface area is 90.8 Å². The molecule has 0 unspecified atom stereocenters. The fraction of sp³-hybridized carbons (Fsp3) is 0.333. The molecule has 0 aromatic heterocycles. The largest absolute Gasteiger partial charge is 0.380 e. The molecule has 0 fully saturated rings. The maximum absolute atomic E-state index is 5.70. The van der Waals surface area contributed by atoms with E-state index in [4.69, 9.17) is 11.6 Å². The minimum absolute atomic E-state index is 0.516. The van der Waals surface area contributed by atoms with Crippen molar-refractivity contribution in [3.8, 4) is 0 Å². The predicted octanol–water partition coefficient (Wildman–Crippen LogP) is 3.97. The van der Waals surface area contributed by atoms with Crippen molar-refractivity contribution >= 4 is 17.3 Å². The lowest BCUT2D eigenvalue weighted by molar-refractivity contribution is 0.867. The molecule has 76 valence electrons. The highest BCUT2D eigenvalue weighted by Crippen LogP contribution is 2.23. The number of benzene rings is 1. The molecule has 1 aromatic rings. The van der Waals surface area contributed by atoms with Gasteiger partial charge in [-0.2, -0.15) is 0 Å². The second kappa shape index (κ2) is 5.06. The van der Waals surface area contributed by atoms with E-state index in [-0.39, 0.29) is 0 Å². The first-order valence-electron chi connectivity index (χ1n) is 4.77. The van der Waals surface area contributed by atoms with Gasteiger partial charge in [-0.25, -0.2) is 0 Å². The van der Waals surface area contributed by atoms with Crippen LogP contribution >= 0.6 is 11.6 Å². The van der Waals surface area contributed by atoms with E-state index in [1.165, 1.54) is 5.56 Å². The highest BCUT2D eigenvalue weighted by atomic mass is 35.5. The first-order chi connectivity index (χ1) is 6.61. The molecule has 0 heterocycles. The first-order valence-corrected chi connectivity index (χ1v) is 5.15. The summed E-state index contributed by atoms with van der Waals surface area (Å²) < 4.78 is 0. The lowest BCUT2D eigenvalue weighted by atomic mass is 10.0. The Morgan fingerprint density at radius 3 is 2.64 bits per heavy atom. The van der Waals surface area contributed by atoms with Gasteiger partial charge < -0.3 is 5.32 Å². The molecule has 1 rings (SSSR count). The van der Waals surface area contributed by atoms with E-state index >= 15 is 0 Å². The highest BCUT2D eigenvalue weighted by molar-refractivity contribution is 6.29. The number of para-hydroxylation sites is 1. The van der Waals surface area contributed by atoms with Crippen LogP contribution in [-0.2, 0) is 0 Å². The standard InChI is InChI=1S/C12H16ClN/c1-9(2)11-6-4-5-7-12(11)14-8-10(3)13/h4-7,9,14H,3,8H2,1-2H3. The third kappa shape index (κ3) is 3.08. The maximum Gasteiger partial charge on any atom is 0.0502 e. The van der Waals surface area contributed by atoms with E-state index < -0.39 is 0 Å². The molecule has 0 saturated heterocycles. The molecule has 0 saturated carbocycles. The molecule has 0 bridgehead atoms. The van der Waals surface area contributed by atoms with Gasteiger partial charge in [0, 0.05) is 10.7 Å². The minimum Gasteiger partial charge on any atom is -0.380 e. The van der Waals surface area contributed by atoms with Gasteiger partial charge in [-0.05, 0) is 17.5 Å². The summed E-state index contributed by atoms with van der Waals surface area (Å²) in [5.41, 5.74) is 2.45. The van der Waals surface area contributed by atoms with Crippen molar-refractivity contribution in [1.82, 2.24) is 0 Å². The number of hydrogen-bond acceptors (Lipinski definition) is 1. The number of nitrogens with one attached hydrogen (secondary N) is 1. The number of halogens is 1. The van der Waals surface area contributed by atoms with Gasteiger partial charge in [-0.15, -0.1) is 0 Å². The molecule has 0 aliphatic heterocycles. The summed E-state index contributed by atoms with van der Waals surface area (Å²) in [4.78, 5) is 0. The minimum atomic E-state index is 0.516. The zero-order valence-electron chi connectivity index (χ0n) is 8.68. The smallest absolute Gasteiger partial charge is 0.0502 e. The van der Waals surface area contributed by atoms with Crippen LogP contribution in [0.4, 0.5) is 5.69 Å². The molecule has 1 nitrogen and oxygen atoms in total. The van der Waals surface area contributed by atoms with Crippen LogP contribution in [-0.4, -0.2) is 6.54 Å². The predicted molar refractivity (Wildman–Crippen MR) is 64.0 cm³/mol. The fourth-order valence-corrected chi connectivity index (χ4v) is 1.42. The number of hydrogen-bond donors (Lipinski definition) is 1. The van der Waals surface area contributed by atoms with Crippen molar-refractivity contribution in [2.24, 2.45) is 0 Å². The number of anilines is 1. The Morgan fingerprint density at radius 2 is 2.07 bits per heavy atom. The molecule has 14 heavy (non-hydrogen) atoms. The van der Waals surface area contributed by atoms with Crippen LogP contribution in [0.25, 0.3) is 0 Å². The van der Waals surface area contributed by atoms with Gasteiger partial charge in [0.2, 0.25) is 0 Å². The summed E-state index contributed by atoms with van der Waals surface area (Å²) in [6.07, 6.45) is 0. The first kappa shape index (κ1) is 11.1. The topological polar surface area (TPSA) is 12.0 Å². The maximum atomic E-state index is 5.70. The van der Waals surface area contributed by atoms with Crippen LogP contribution in [0.1, 0.15) is 25.3 Å². The summed E-state index contributed by atoms with van der Waals surface area (Å²) in [5, 5.41) is 3.89. The molecule has 0 aliphatic rings.